The maximum atomic E-state index is 14.8. The van der Waals surface area contributed by atoms with E-state index in [2.05, 4.69) is 25.4 Å². The first kappa shape index (κ1) is 17.3. The number of aryl methyl sites for hydroxylation is 1. The molecule has 2 saturated heterocycles. The van der Waals surface area contributed by atoms with Crippen molar-refractivity contribution in [3.05, 3.63) is 40.7 Å². The van der Waals surface area contributed by atoms with Gasteiger partial charge in [-0.25, -0.2) is 18.9 Å². The van der Waals surface area contributed by atoms with Gasteiger partial charge in [0, 0.05) is 25.3 Å². The fourth-order valence-electron chi connectivity index (χ4n) is 4.43. The molecule has 0 amide bonds. The predicted molar refractivity (Wildman–Crippen MR) is 103 cm³/mol. The molecular weight excluding hydrogens is 361 g/mol. The average molecular weight is 383 g/mol. The molecule has 2 aliphatic heterocycles. The summed E-state index contributed by atoms with van der Waals surface area (Å²) in [5, 5.41) is 6.38. The van der Waals surface area contributed by atoms with Crippen LogP contribution in [0.25, 0.3) is 16.9 Å². The average Bonchev–Trinajstić information content (AvgIpc) is 3.29. The number of alkyl halides is 1. The summed E-state index contributed by atoms with van der Waals surface area (Å²) in [6, 6.07) is 0.0910. The Bertz CT molecular complexity index is 1080. The lowest BCUT2D eigenvalue weighted by Gasteiger charge is -2.38. The van der Waals surface area contributed by atoms with E-state index in [9.17, 15) is 9.18 Å². The summed E-state index contributed by atoms with van der Waals surface area (Å²) in [5.41, 5.74) is 1.83. The summed E-state index contributed by atoms with van der Waals surface area (Å²) in [5.74, 6) is 0.604. The number of imidazole rings is 1. The van der Waals surface area contributed by atoms with Gasteiger partial charge < -0.3 is 10.2 Å². The van der Waals surface area contributed by atoms with Crippen molar-refractivity contribution in [3.8, 4) is 11.3 Å². The Balaban J connectivity index is 1.43. The summed E-state index contributed by atoms with van der Waals surface area (Å²) in [7, 11) is 1.86. The van der Waals surface area contributed by atoms with Crippen molar-refractivity contribution in [2.24, 2.45) is 0 Å². The summed E-state index contributed by atoms with van der Waals surface area (Å²) in [6.45, 7) is 1.87. The van der Waals surface area contributed by atoms with Crippen LogP contribution >= 0.6 is 0 Å². The molecule has 3 aromatic rings. The maximum Gasteiger partial charge on any atom is 0.233 e. The highest BCUT2D eigenvalue weighted by molar-refractivity contribution is 5.62. The van der Waals surface area contributed by atoms with E-state index >= 15 is 0 Å². The Labute approximate surface area is 160 Å². The number of fused-ring (bicyclic) bond motifs is 3. The topological polar surface area (TPSA) is 91.2 Å². The molecular formula is C19H22FN7O. The van der Waals surface area contributed by atoms with E-state index in [1.54, 1.807) is 29.3 Å². The van der Waals surface area contributed by atoms with Gasteiger partial charge in [0.1, 0.15) is 12.0 Å². The molecule has 0 aliphatic carbocycles. The van der Waals surface area contributed by atoms with Crippen LogP contribution in [0.4, 0.5) is 10.2 Å². The summed E-state index contributed by atoms with van der Waals surface area (Å²) < 4.78 is 16.4. The van der Waals surface area contributed by atoms with Gasteiger partial charge >= 0.3 is 0 Å². The third-order valence-corrected chi connectivity index (χ3v) is 6.05. The third-order valence-electron chi connectivity index (χ3n) is 6.05. The van der Waals surface area contributed by atoms with E-state index in [1.807, 2.05) is 18.9 Å². The van der Waals surface area contributed by atoms with Crippen LogP contribution in [0, 0.1) is 6.92 Å². The monoisotopic (exact) mass is 383 g/mol. The maximum absolute atomic E-state index is 14.8. The minimum atomic E-state index is -0.931. The summed E-state index contributed by atoms with van der Waals surface area (Å²) in [4.78, 5) is 27.6. The Morgan fingerprint density at radius 2 is 2.07 bits per heavy atom. The minimum Gasteiger partial charge on any atom is -0.352 e. The summed E-state index contributed by atoms with van der Waals surface area (Å²) >= 11 is 0. The molecule has 2 aliphatic rings. The Morgan fingerprint density at radius 1 is 1.21 bits per heavy atom. The predicted octanol–water partition coefficient (Wildman–Crippen LogP) is 1.46. The SMILES string of the molecule is Cc1cnc2c(=O)c(-c3cnc(N(C)[C@@H]4CC5CCC(N5)[C@@H]4F)cn3)c[nH]n12. The van der Waals surface area contributed by atoms with Crippen LogP contribution < -0.4 is 15.6 Å². The number of aromatic nitrogens is 5. The molecule has 2 bridgehead atoms. The largest absolute Gasteiger partial charge is 0.352 e. The van der Waals surface area contributed by atoms with Gasteiger partial charge in [-0.1, -0.05) is 0 Å². The van der Waals surface area contributed by atoms with Crippen LogP contribution in [0.3, 0.4) is 0 Å². The second-order valence-corrected chi connectivity index (χ2v) is 7.74. The fourth-order valence-corrected chi connectivity index (χ4v) is 4.43. The third kappa shape index (κ3) is 2.61. The number of piperidine rings is 1. The van der Waals surface area contributed by atoms with Gasteiger partial charge in [0.05, 0.1) is 41.6 Å². The number of nitrogens with zero attached hydrogens (tertiary/aromatic N) is 5. The van der Waals surface area contributed by atoms with Gasteiger partial charge in [-0.15, -0.1) is 0 Å². The lowest BCUT2D eigenvalue weighted by molar-refractivity contribution is 0.176. The van der Waals surface area contributed by atoms with Gasteiger partial charge in [-0.2, -0.15) is 0 Å². The molecule has 2 unspecified atom stereocenters. The molecule has 2 fully saturated rings. The second kappa shape index (κ2) is 6.37. The standard InChI is InChI=1S/C19H22FN7O/c1-10-6-23-19-18(28)12(7-24-27(10)19)14-8-22-16(9-21-14)26(2)15-5-11-3-4-13(25-11)17(15)20/h6-9,11,13,15,17,24-25H,3-5H2,1-2H3/t11?,13?,15-,17+/m1/s1. The highest BCUT2D eigenvalue weighted by atomic mass is 19.1. The fraction of sp³-hybridized carbons (Fsp3) is 0.474. The molecule has 0 radical (unpaired) electrons. The highest BCUT2D eigenvalue weighted by Crippen LogP contribution is 2.33. The lowest BCUT2D eigenvalue weighted by Crippen LogP contribution is -2.55. The van der Waals surface area contributed by atoms with E-state index in [0.29, 0.717) is 28.8 Å². The van der Waals surface area contributed by atoms with Gasteiger partial charge in [0.15, 0.2) is 0 Å². The number of hydrogen-bond acceptors (Lipinski definition) is 6. The van der Waals surface area contributed by atoms with Crippen molar-refractivity contribution in [2.75, 3.05) is 11.9 Å². The van der Waals surface area contributed by atoms with E-state index in [-0.39, 0.29) is 17.5 Å². The zero-order valence-electron chi connectivity index (χ0n) is 15.8. The first-order chi connectivity index (χ1) is 13.5. The molecule has 9 heteroatoms. The smallest absolute Gasteiger partial charge is 0.233 e. The molecule has 0 spiro atoms. The van der Waals surface area contributed by atoms with E-state index in [0.717, 1.165) is 25.0 Å². The number of rotatable bonds is 3. The normalized spacial score (nSPS) is 26.7. The number of aromatic amines is 1. The zero-order chi connectivity index (χ0) is 19.4. The van der Waals surface area contributed by atoms with Crippen LogP contribution in [0.1, 0.15) is 25.0 Å². The van der Waals surface area contributed by atoms with Crippen LogP contribution in [-0.4, -0.2) is 55.9 Å². The number of H-pyrrole nitrogens is 1. The van der Waals surface area contributed by atoms with E-state index < -0.39 is 6.17 Å². The van der Waals surface area contributed by atoms with Gasteiger partial charge in [-0.05, 0) is 26.2 Å². The second-order valence-electron chi connectivity index (χ2n) is 7.74. The highest BCUT2D eigenvalue weighted by Gasteiger charge is 2.43. The van der Waals surface area contributed by atoms with Crippen molar-refractivity contribution in [3.63, 3.8) is 0 Å². The first-order valence-electron chi connectivity index (χ1n) is 9.54. The molecule has 5 heterocycles. The van der Waals surface area contributed by atoms with Gasteiger partial charge in [-0.3, -0.25) is 14.9 Å². The van der Waals surface area contributed by atoms with Crippen LogP contribution in [0.15, 0.2) is 29.6 Å². The van der Waals surface area contributed by atoms with Crippen molar-refractivity contribution >= 4 is 11.5 Å². The van der Waals surface area contributed by atoms with Crippen molar-refractivity contribution in [2.45, 2.75) is 50.5 Å². The quantitative estimate of drug-likeness (QED) is 0.712. The number of hydrogen-bond donors (Lipinski definition) is 2. The lowest BCUT2D eigenvalue weighted by atomic mass is 9.96. The van der Waals surface area contributed by atoms with Crippen LogP contribution in [-0.2, 0) is 0 Å². The molecule has 28 heavy (non-hydrogen) atoms. The number of halogens is 1. The van der Waals surface area contributed by atoms with Crippen LogP contribution in [0.2, 0.25) is 0 Å². The van der Waals surface area contributed by atoms with Gasteiger partial charge in [0.25, 0.3) is 0 Å². The van der Waals surface area contributed by atoms with E-state index in [1.165, 1.54) is 0 Å². The van der Waals surface area contributed by atoms with Gasteiger partial charge in [0.2, 0.25) is 11.1 Å². The van der Waals surface area contributed by atoms with Crippen LogP contribution in [0.5, 0.6) is 0 Å². The molecule has 8 nitrogen and oxygen atoms in total. The minimum absolute atomic E-state index is 0.0679. The molecule has 5 rings (SSSR count). The van der Waals surface area contributed by atoms with Crippen molar-refractivity contribution < 1.29 is 4.39 Å². The Hall–Kier alpha value is -2.81. The summed E-state index contributed by atoms with van der Waals surface area (Å²) in [6.07, 6.45) is 8.15. The molecule has 0 saturated carbocycles. The molecule has 2 N–H and O–H groups in total. The van der Waals surface area contributed by atoms with Crippen molar-refractivity contribution in [1.82, 2.24) is 29.9 Å². The van der Waals surface area contributed by atoms with Crippen molar-refractivity contribution in [1.29, 1.82) is 0 Å². The van der Waals surface area contributed by atoms with E-state index in [4.69, 9.17) is 0 Å². The Morgan fingerprint density at radius 3 is 2.86 bits per heavy atom. The molecule has 0 aromatic carbocycles. The molecule has 146 valence electrons. The number of nitrogens with one attached hydrogen (secondary N) is 2. The zero-order valence-corrected chi connectivity index (χ0v) is 15.8. The molecule has 3 aromatic heterocycles. The molecule has 4 atom stereocenters. The number of anilines is 1. The first-order valence-corrected chi connectivity index (χ1v) is 9.54. The Kier molecular flexibility index (Phi) is 3.94.